The fraction of sp³-hybridized carbons (Fsp3) is 0.556. The first-order valence-corrected chi connectivity index (χ1v) is 4.61. The molecule has 4 nitrogen and oxygen atoms in total. The molecule has 1 N–H and O–H groups in total. The lowest BCUT2D eigenvalue weighted by atomic mass is 10.1. The number of nitrogens with zero attached hydrogens (tertiary/aromatic N) is 1. The molecule has 0 atom stereocenters. The van der Waals surface area contributed by atoms with Crippen molar-refractivity contribution in [1.29, 1.82) is 0 Å². The highest BCUT2D eigenvalue weighted by molar-refractivity contribution is 7.71. The Kier molecular flexibility index (Phi) is 3.23. The second-order valence-electron chi connectivity index (χ2n) is 3.34. The van der Waals surface area contributed by atoms with Crippen molar-refractivity contribution < 1.29 is 9.47 Å². The van der Waals surface area contributed by atoms with E-state index in [4.69, 9.17) is 21.7 Å². The topological polar surface area (TPSA) is 47.1 Å². The van der Waals surface area contributed by atoms with Gasteiger partial charge in [0.05, 0.1) is 13.3 Å². The molecule has 0 saturated carbocycles. The quantitative estimate of drug-likeness (QED) is 0.782. The predicted molar refractivity (Wildman–Crippen MR) is 56.0 cm³/mol. The van der Waals surface area contributed by atoms with Gasteiger partial charge >= 0.3 is 0 Å². The molecular formula is C9H14N2O2S. The van der Waals surface area contributed by atoms with Gasteiger partial charge in [-0.1, -0.05) is 12.2 Å². The number of rotatable bonds is 3. The van der Waals surface area contributed by atoms with Crippen molar-refractivity contribution in [3.05, 3.63) is 16.7 Å². The van der Waals surface area contributed by atoms with Gasteiger partial charge in [-0.15, -0.1) is 0 Å². The van der Waals surface area contributed by atoms with Crippen LogP contribution >= 0.6 is 12.2 Å². The SMILES string of the molecule is COc1cnc(C(C)(C)OC)[nH]c1=S. The average Bonchev–Trinajstić information content (AvgIpc) is 2.17. The second kappa shape index (κ2) is 4.06. The highest BCUT2D eigenvalue weighted by atomic mass is 32.1. The smallest absolute Gasteiger partial charge is 0.171 e. The minimum absolute atomic E-state index is 0.472. The van der Waals surface area contributed by atoms with Gasteiger partial charge in [-0.2, -0.15) is 0 Å². The fourth-order valence-corrected chi connectivity index (χ4v) is 1.16. The third kappa shape index (κ3) is 2.10. The lowest BCUT2D eigenvalue weighted by molar-refractivity contribution is 0.0112. The van der Waals surface area contributed by atoms with E-state index >= 15 is 0 Å². The first-order valence-electron chi connectivity index (χ1n) is 4.20. The number of aromatic amines is 1. The van der Waals surface area contributed by atoms with Gasteiger partial charge in [0.15, 0.2) is 5.75 Å². The maximum absolute atomic E-state index is 5.27. The van der Waals surface area contributed by atoms with Crippen LogP contribution in [0.3, 0.4) is 0 Å². The number of methoxy groups -OCH3 is 2. The van der Waals surface area contributed by atoms with E-state index in [2.05, 4.69) is 9.97 Å². The van der Waals surface area contributed by atoms with Crippen LogP contribution in [0.15, 0.2) is 6.20 Å². The molecule has 0 aliphatic heterocycles. The maximum atomic E-state index is 5.27. The summed E-state index contributed by atoms with van der Waals surface area (Å²) in [6, 6.07) is 0. The Hall–Kier alpha value is -0.940. The third-order valence-corrected chi connectivity index (χ3v) is 2.37. The minimum Gasteiger partial charge on any atom is -0.492 e. The number of hydrogen-bond acceptors (Lipinski definition) is 4. The molecule has 0 unspecified atom stereocenters. The van der Waals surface area contributed by atoms with Crippen molar-refractivity contribution in [1.82, 2.24) is 9.97 Å². The summed E-state index contributed by atoms with van der Waals surface area (Å²) in [4.78, 5) is 7.15. The van der Waals surface area contributed by atoms with E-state index in [1.165, 1.54) is 0 Å². The van der Waals surface area contributed by atoms with Crippen LogP contribution in [0.25, 0.3) is 0 Å². The Balaban J connectivity index is 3.15. The monoisotopic (exact) mass is 214 g/mol. The Morgan fingerprint density at radius 3 is 2.50 bits per heavy atom. The van der Waals surface area contributed by atoms with Crippen molar-refractivity contribution in [3.8, 4) is 5.75 Å². The van der Waals surface area contributed by atoms with Gasteiger partial charge in [0.25, 0.3) is 0 Å². The van der Waals surface area contributed by atoms with Gasteiger partial charge in [-0.3, -0.25) is 0 Å². The van der Waals surface area contributed by atoms with Crippen LogP contribution in [-0.2, 0) is 10.3 Å². The number of nitrogens with one attached hydrogen (secondary N) is 1. The number of H-pyrrole nitrogens is 1. The summed E-state index contributed by atoms with van der Waals surface area (Å²) in [5, 5.41) is 0. The molecule has 0 fully saturated rings. The molecule has 5 heteroatoms. The molecule has 0 bridgehead atoms. The summed E-state index contributed by atoms with van der Waals surface area (Å²) < 4.78 is 10.8. The normalized spacial score (nSPS) is 11.4. The van der Waals surface area contributed by atoms with Crippen LogP contribution in [0.4, 0.5) is 0 Å². The molecule has 78 valence electrons. The number of ether oxygens (including phenoxy) is 2. The zero-order valence-electron chi connectivity index (χ0n) is 8.75. The summed E-state index contributed by atoms with van der Waals surface area (Å²) in [5.41, 5.74) is -0.472. The Labute approximate surface area is 88.3 Å². The molecule has 0 aromatic carbocycles. The van der Waals surface area contributed by atoms with Crippen molar-refractivity contribution in [2.75, 3.05) is 14.2 Å². The summed E-state index contributed by atoms with van der Waals surface area (Å²) >= 11 is 5.08. The lowest BCUT2D eigenvalue weighted by Gasteiger charge is -2.21. The molecule has 1 heterocycles. The Morgan fingerprint density at radius 2 is 2.07 bits per heavy atom. The van der Waals surface area contributed by atoms with Gasteiger partial charge in [0.1, 0.15) is 16.1 Å². The summed E-state index contributed by atoms with van der Waals surface area (Å²) in [6.45, 7) is 3.82. The highest BCUT2D eigenvalue weighted by Gasteiger charge is 2.22. The molecule has 14 heavy (non-hydrogen) atoms. The summed E-state index contributed by atoms with van der Waals surface area (Å²) in [6.07, 6.45) is 1.59. The first-order chi connectivity index (χ1) is 6.51. The lowest BCUT2D eigenvalue weighted by Crippen LogP contribution is -2.22. The summed E-state index contributed by atoms with van der Waals surface area (Å²) in [7, 11) is 3.19. The van der Waals surface area contributed by atoms with E-state index in [1.807, 2.05) is 13.8 Å². The molecule has 0 aliphatic rings. The molecule has 0 aliphatic carbocycles. The van der Waals surface area contributed by atoms with Crippen LogP contribution in [0.2, 0.25) is 0 Å². The molecule has 1 aromatic rings. The molecular weight excluding hydrogens is 200 g/mol. The second-order valence-corrected chi connectivity index (χ2v) is 3.75. The molecule has 0 saturated heterocycles. The Bertz CT molecular complexity index is 373. The van der Waals surface area contributed by atoms with Crippen LogP contribution in [0.5, 0.6) is 5.75 Å². The van der Waals surface area contributed by atoms with Crippen molar-refractivity contribution in [2.24, 2.45) is 0 Å². The van der Waals surface area contributed by atoms with Gasteiger partial charge in [-0.05, 0) is 13.8 Å². The average molecular weight is 214 g/mol. The minimum atomic E-state index is -0.472. The Morgan fingerprint density at radius 1 is 1.43 bits per heavy atom. The largest absolute Gasteiger partial charge is 0.492 e. The van der Waals surface area contributed by atoms with E-state index in [-0.39, 0.29) is 0 Å². The van der Waals surface area contributed by atoms with Crippen molar-refractivity contribution in [2.45, 2.75) is 19.4 Å². The number of hydrogen-bond donors (Lipinski definition) is 1. The van der Waals surface area contributed by atoms with Gasteiger partial charge in [-0.25, -0.2) is 4.98 Å². The zero-order chi connectivity index (χ0) is 10.8. The zero-order valence-corrected chi connectivity index (χ0v) is 9.57. The van der Waals surface area contributed by atoms with E-state index < -0.39 is 5.60 Å². The van der Waals surface area contributed by atoms with E-state index in [0.29, 0.717) is 16.2 Å². The van der Waals surface area contributed by atoms with Crippen molar-refractivity contribution in [3.63, 3.8) is 0 Å². The van der Waals surface area contributed by atoms with E-state index in [1.54, 1.807) is 20.4 Å². The van der Waals surface area contributed by atoms with Gasteiger partial charge in [0.2, 0.25) is 0 Å². The van der Waals surface area contributed by atoms with Crippen LogP contribution in [-0.4, -0.2) is 24.2 Å². The van der Waals surface area contributed by atoms with Gasteiger partial charge < -0.3 is 14.5 Å². The first kappa shape index (κ1) is 11.1. The number of aromatic nitrogens is 2. The van der Waals surface area contributed by atoms with Gasteiger partial charge in [0, 0.05) is 7.11 Å². The standard InChI is InChI=1S/C9H14N2O2S/c1-9(2,13-4)8-10-5-6(12-3)7(14)11-8/h5H,1-4H3,(H,10,11,14). The molecule has 0 radical (unpaired) electrons. The van der Waals surface area contributed by atoms with Crippen LogP contribution < -0.4 is 4.74 Å². The maximum Gasteiger partial charge on any atom is 0.171 e. The van der Waals surface area contributed by atoms with E-state index in [0.717, 1.165) is 0 Å². The molecule has 1 rings (SSSR count). The molecule has 0 amide bonds. The van der Waals surface area contributed by atoms with Crippen LogP contribution in [0, 0.1) is 4.64 Å². The predicted octanol–water partition coefficient (Wildman–Crippen LogP) is 2.03. The van der Waals surface area contributed by atoms with Crippen LogP contribution in [0.1, 0.15) is 19.7 Å². The fourth-order valence-electron chi connectivity index (χ4n) is 0.931. The van der Waals surface area contributed by atoms with Crippen molar-refractivity contribution >= 4 is 12.2 Å². The molecule has 1 aromatic heterocycles. The van der Waals surface area contributed by atoms with E-state index in [9.17, 15) is 0 Å². The highest BCUT2D eigenvalue weighted by Crippen LogP contribution is 2.21. The third-order valence-electron chi connectivity index (χ3n) is 2.07. The molecule has 0 spiro atoms. The summed E-state index contributed by atoms with van der Waals surface area (Å²) in [5.74, 6) is 1.25.